The number of rotatable bonds is 6. The minimum Gasteiger partial charge on any atom is -0.357 e. The molecular formula is C22H31N5O2S. The van der Waals surface area contributed by atoms with Crippen LogP contribution in [0.3, 0.4) is 0 Å². The predicted octanol–water partition coefficient (Wildman–Crippen LogP) is 2.67. The summed E-state index contributed by atoms with van der Waals surface area (Å²) in [5, 5.41) is 3.44. The molecule has 8 heteroatoms. The van der Waals surface area contributed by atoms with Gasteiger partial charge in [-0.1, -0.05) is 12.1 Å². The monoisotopic (exact) mass is 429 g/mol. The topological polar surface area (TPSA) is 77.6 Å². The zero-order chi connectivity index (χ0) is 21.0. The highest BCUT2D eigenvalue weighted by Crippen LogP contribution is 2.21. The lowest BCUT2D eigenvalue weighted by Crippen LogP contribution is -2.48. The Morgan fingerprint density at radius 1 is 1.07 bits per heavy atom. The molecule has 0 bridgehead atoms. The van der Waals surface area contributed by atoms with Gasteiger partial charge in [-0.2, -0.15) is 0 Å². The molecule has 2 aromatic rings. The molecule has 2 fully saturated rings. The number of piperazine rings is 1. The van der Waals surface area contributed by atoms with Crippen LogP contribution in [0.2, 0.25) is 0 Å². The van der Waals surface area contributed by atoms with Gasteiger partial charge in [0.25, 0.3) is 10.0 Å². The fourth-order valence-corrected chi connectivity index (χ4v) is 5.15. The van der Waals surface area contributed by atoms with Gasteiger partial charge in [0.2, 0.25) is 0 Å². The van der Waals surface area contributed by atoms with Gasteiger partial charge in [-0.25, -0.2) is 13.4 Å². The van der Waals surface area contributed by atoms with Gasteiger partial charge in [0.15, 0.2) is 0 Å². The second kappa shape index (κ2) is 9.32. The summed E-state index contributed by atoms with van der Waals surface area (Å²) in [5.74, 6) is 0.847. The lowest BCUT2D eigenvalue weighted by atomic mass is 10.1. The summed E-state index contributed by atoms with van der Waals surface area (Å²) in [6.07, 6.45) is 5.02. The molecule has 0 saturated carbocycles. The largest absolute Gasteiger partial charge is 0.357 e. The van der Waals surface area contributed by atoms with Crippen molar-refractivity contribution in [1.29, 1.82) is 0 Å². The second-order valence-electron chi connectivity index (χ2n) is 8.29. The van der Waals surface area contributed by atoms with Gasteiger partial charge < -0.3 is 10.2 Å². The third kappa shape index (κ3) is 5.30. The Morgan fingerprint density at radius 2 is 1.83 bits per heavy atom. The van der Waals surface area contributed by atoms with Crippen molar-refractivity contribution in [2.45, 2.75) is 43.7 Å². The van der Waals surface area contributed by atoms with Crippen LogP contribution in [0.1, 0.15) is 31.7 Å². The van der Waals surface area contributed by atoms with E-state index in [0.717, 1.165) is 57.9 Å². The highest BCUT2D eigenvalue weighted by atomic mass is 32.2. The van der Waals surface area contributed by atoms with Gasteiger partial charge in [0.1, 0.15) is 10.7 Å². The van der Waals surface area contributed by atoms with E-state index in [1.807, 2.05) is 24.3 Å². The predicted molar refractivity (Wildman–Crippen MR) is 120 cm³/mol. The maximum absolute atomic E-state index is 12.7. The molecular weight excluding hydrogens is 398 g/mol. The Hall–Kier alpha value is -2.16. The zero-order valence-electron chi connectivity index (χ0n) is 17.5. The molecule has 0 radical (unpaired) electrons. The zero-order valence-corrected chi connectivity index (χ0v) is 18.4. The van der Waals surface area contributed by atoms with Gasteiger partial charge >= 0.3 is 0 Å². The van der Waals surface area contributed by atoms with Crippen LogP contribution in [0.15, 0.2) is 47.5 Å². The summed E-state index contributed by atoms with van der Waals surface area (Å²) in [4.78, 5) is 9.20. The van der Waals surface area contributed by atoms with E-state index >= 15 is 0 Å². The smallest absolute Gasteiger partial charge is 0.263 e. The number of sulfonamides is 1. The van der Waals surface area contributed by atoms with Gasteiger partial charge in [0, 0.05) is 57.2 Å². The number of hydrogen-bond donors (Lipinski definition) is 2. The summed E-state index contributed by atoms with van der Waals surface area (Å²) < 4.78 is 28.2. The molecule has 0 spiro atoms. The number of hydrogen-bond acceptors (Lipinski definition) is 6. The fraction of sp³-hybridized carbons (Fsp3) is 0.500. The molecule has 0 amide bonds. The number of nitrogens with zero attached hydrogens (tertiary/aromatic N) is 3. The van der Waals surface area contributed by atoms with Crippen LogP contribution in [0.4, 0.5) is 11.5 Å². The normalized spacial score (nSPS) is 20.8. The van der Waals surface area contributed by atoms with Crippen molar-refractivity contribution in [3.05, 3.63) is 48.2 Å². The molecule has 0 aliphatic carbocycles. The van der Waals surface area contributed by atoms with Gasteiger partial charge in [-0.3, -0.25) is 9.62 Å². The van der Waals surface area contributed by atoms with Gasteiger partial charge in [0.05, 0.1) is 0 Å². The van der Waals surface area contributed by atoms with Crippen LogP contribution < -0.4 is 14.9 Å². The van der Waals surface area contributed by atoms with E-state index in [-0.39, 0.29) is 4.90 Å². The molecule has 4 rings (SSSR count). The highest BCUT2D eigenvalue weighted by molar-refractivity contribution is 7.92. The first-order valence-corrected chi connectivity index (χ1v) is 12.3. The minimum absolute atomic E-state index is 0.183. The van der Waals surface area contributed by atoms with Crippen LogP contribution in [-0.4, -0.2) is 57.1 Å². The second-order valence-corrected chi connectivity index (χ2v) is 9.97. The van der Waals surface area contributed by atoms with E-state index in [1.165, 1.54) is 18.2 Å². The SMILES string of the molecule is C[C@H]1CN(Cc2ccc(NS(=O)(=O)c3ccc(N4CCCCC4)nc3)cc2)CCN1. The lowest BCUT2D eigenvalue weighted by Gasteiger charge is -2.31. The molecule has 162 valence electrons. The van der Waals surface area contributed by atoms with Gasteiger partial charge in [-0.15, -0.1) is 0 Å². The number of benzene rings is 1. The number of piperidine rings is 1. The maximum atomic E-state index is 12.7. The van der Waals surface area contributed by atoms with Crippen molar-refractivity contribution in [3.8, 4) is 0 Å². The van der Waals surface area contributed by atoms with Crippen molar-refractivity contribution in [2.75, 3.05) is 42.3 Å². The van der Waals surface area contributed by atoms with Crippen molar-refractivity contribution in [2.24, 2.45) is 0 Å². The highest BCUT2D eigenvalue weighted by Gasteiger charge is 2.18. The third-order valence-electron chi connectivity index (χ3n) is 5.78. The molecule has 30 heavy (non-hydrogen) atoms. The van der Waals surface area contributed by atoms with Gasteiger partial charge in [-0.05, 0) is 56.0 Å². The molecule has 3 heterocycles. The summed E-state index contributed by atoms with van der Waals surface area (Å²) in [6, 6.07) is 11.6. The van der Waals surface area contributed by atoms with Crippen molar-refractivity contribution in [1.82, 2.24) is 15.2 Å². The molecule has 2 aliphatic rings. The summed E-state index contributed by atoms with van der Waals surface area (Å²) in [5.41, 5.74) is 1.74. The third-order valence-corrected chi connectivity index (χ3v) is 7.14. The molecule has 7 nitrogen and oxygen atoms in total. The van der Waals surface area contributed by atoms with E-state index in [9.17, 15) is 8.42 Å². The first-order valence-electron chi connectivity index (χ1n) is 10.8. The van der Waals surface area contributed by atoms with Crippen molar-refractivity contribution in [3.63, 3.8) is 0 Å². The van der Waals surface area contributed by atoms with Crippen LogP contribution in [0.5, 0.6) is 0 Å². The van der Waals surface area contributed by atoms with E-state index in [1.54, 1.807) is 12.1 Å². The Morgan fingerprint density at radius 3 is 2.50 bits per heavy atom. The first-order chi connectivity index (χ1) is 14.5. The van der Waals surface area contributed by atoms with E-state index in [2.05, 4.69) is 31.7 Å². The summed E-state index contributed by atoms with van der Waals surface area (Å²) in [6.45, 7) is 8.09. The van der Waals surface area contributed by atoms with E-state index in [0.29, 0.717) is 11.7 Å². The number of nitrogens with one attached hydrogen (secondary N) is 2. The van der Waals surface area contributed by atoms with Crippen LogP contribution in [0, 0.1) is 0 Å². The molecule has 2 N–H and O–H groups in total. The minimum atomic E-state index is -3.66. The Kier molecular flexibility index (Phi) is 6.55. The lowest BCUT2D eigenvalue weighted by molar-refractivity contribution is 0.199. The number of anilines is 2. The van der Waals surface area contributed by atoms with Crippen LogP contribution in [-0.2, 0) is 16.6 Å². The average Bonchev–Trinajstić information content (AvgIpc) is 2.76. The molecule has 2 aliphatic heterocycles. The molecule has 1 atom stereocenters. The Bertz CT molecular complexity index is 925. The first kappa shape index (κ1) is 21.1. The Balaban J connectivity index is 1.37. The average molecular weight is 430 g/mol. The van der Waals surface area contributed by atoms with Crippen molar-refractivity contribution >= 4 is 21.5 Å². The van der Waals surface area contributed by atoms with E-state index < -0.39 is 10.0 Å². The van der Waals surface area contributed by atoms with E-state index in [4.69, 9.17) is 0 Å². The van der Waals surface area contributed by atoms with Crippen LogP contribution in [0.25, 0.3) is 0 Å². The quantitative estimate of drug-likeness (QED) is 0.735. The summed E-state index contributed by atoms with van der Waals surface area (Å²) >= 11 is 0. The molecule has 0 unspecified atom stereocenters. The molecule has 2 saturated heterocycles. The molecule has 1 aromatic heterocycles. The number of pyridine rings is 1. The Labute approximate surface area is 179 Å². The fourth-order valence-electron chi connectivity index (χ4n) is 4.15. The van der Waals surface area contributed by atoms with Crippen molar-refractivity contribution < 1.29 is 8.42 Å². The maximum Gasteiger partial charge on any atom is 0.263 e. The molecule has 1 aromatic carbocycles. The van der Waals surface area contributed by atoms with Crippen LogP contribution >= 0.6 is 0 Å². The number of aromatic nitrogens is 1. The summed E-state index contributed by atoms with van der Waals surface area (Å²) in [7, 11) is -3.66. The standard InChI is InChI=1S/C22H31N5O2S/c1-18-16-26(14-11-23-18)17-19-5-7-20(8-6-19)25-30(28,29)21-9-10-22(24-15-21)27-12-3-2-4-13-27/h5-10,15,18,23,25H,2-4,11-14,16-17H2,1H3/t18-/m0/s1.